The van der Waals surface area contributed by atoms with Gasteiger partial charge in [-0.2, -0.15) is 0 Å². The van der Waals surface area contributed by atoms with Crippen molar-refractivity contribution in [3.05, 3.63) is 41.7 Å². The van der Waals surface area contributed by atoms with Crippen molar-refractivity contribution in [1.29, 1.82) is 0 Å². The van der Waals surface area contributed by atoms with Gasteiger partial charge < -0.3 is 0 Å². The quantitative estimate of drug-likeness (QED) is 0.656. The Hall–Kier alpha value is -0.820. The van der Waals surface area contributed by atoms with E-state index in [2.05, 4.69) is 0 Å². The van der Waals surface area contributed by atoms with Gasteiger partial charge in [0.2, 0.25) is 0 Å². The summed E-state index contributed by atoms with van der Waals surface area (Å²) in [5.41, 5.74) is 0.861. The fraction of sp³-hybridized carbons (Fsp3) is 0.200. The molecule has 64 valence electrons. The molecule has 0 radical (unpaired) electrons. The van der Waals surface area contributed by atoms with Gasteiger partial charge >= 0.3 is 0 Å². The van der Waals surface area contributed by atoms with Crippen molar-refractivity contribution in [2.75, 3.05) is 0 Å². The first-order valence-electron chi connectivity index (χ1n) is 3.85. The molecule has 0 aromatic heterocycles. The van der Waals surface area contributed by atoms with Crippen LogP contribution in [0.1, 0.15) is 18.9 Å². The van der Waals surface area contributed by atoms with Gasteiger partial charge in [-0.15, -0.1) is 0 Å². The zero-order chi connectivity index (χ0) is 8.97. The van der Waals surface area contributed by atoms with Gasteiger partial charge in [-0.25, -0.2) is 4.39 Å². The number of allylic oxidation sites excluding steroid dienone is 1. The molecule has 0 atom stereocenters. The zero-order valence-corrected chi connectivity index (χ0v) is 7.61. The van der Waals surface area contributed by atoms with E-state index in [9.17, 15) is 4.39 Å². The molecule has 1 aromatic carbocycles. The highest BCUT2D eigenvalue weighted by atomic mass is 35.5. The predicted octanol–water partition coefficient (Wildman–Crippen LogP) is 3.82. The van der Waals surface area contributed by atoms with E-state index in [0.29, 0.717) is 5.03 Å². The molecule has 0 N–H and O–H groups in total. The Balaban J connectivity index is 2.89. The lowest BCUT2D eigenvalue weighted by Crippen LogP contribution is -1.78. The largest absolute Gasteiger partial charge is 0.207 e. The van der Waals surface area contributed by atoms with E-state index in [1.165, 1.54) is 12.1 Å². The van der Waals surface area contributed by atoms with E-state index in [4.69, 9.17) is 11.6 Å². The van der Waals surface area contributed by atoms with Crippen LogP contribution < -0.4 is 0 Å². The highest BCUT2D eigenvalue weighted by Crippen LogP contribution is 2.19. The van der Waals surface area contributed by atoms with Crippen LogP contribution in [0.5, 0.6) is 0 Å². The van der Waals surface area contributed by atoms with Crippen molar-refractivity contribution < 1.29 is 4.39 Å². The molecule has 1 rings (SSSR count). The normalized spacial score (nSPS) is 11.8. The topological polar surface area (TPSA) is 0 Å². The first kappa shape index (κ1) is 9.27. The highest BCUT2D eigenvalue weighted by Gasteiger charge is 1.96. The fourth-order valence-electron chi connectivity index (χ4n) is 0.906. The average molecular weight is 185 g/mol. The van der Waals surface area contributed by atoms with Gasteiger partial charge in [-0.1, -0.05) is 36.7 Å². The molecular formula is C10H10ClF. The number of hydrogen-bond acceptors (Lipinski definition) is 0. The smallest absolute Gasteiger partial charge is 0.123 e. The van der Waals surface area contributed by atoms with Gasteiger partial charge in [-0.3, -0.25) is 0 Å². The van der Waals surface area contributed by atoms with Gasteiger partial charge in [0.25, 0.3) is 0 Å². The Bertz CT molecular complexity index is 274. The minimum absolute atomic E-state index is 0.236. The van der Waals surface area contributed by atoms with Crippen LogP contribution >= 0.6 is 11.6 Å². The van der Waals surface area contributed by atoms with Gasteiger partial charge in [-0.05, 0) is 24.1 Å². The van der Waals surface area contributed by atoms with Crippen LogP contribution in [0.2, 0.25) is 0 Å². The fourth-order valence-corrected chi connectivity index (χ4v) is 1.19. The summed E-state index contributed by atoms with van der Waals surface area (Å²) in [5, 5.41) is 0.678. The lowest BCUT2D eigenvalue weighted by atomic mass is 10.2. The third-order valence-corrected chi connectivity index (χ3v) is 1.88. The lowest BCUT2D eigenvalue weighted by molar-refractivity contribution is 0.627. The van der Waals surface area contributed by atoms with E-state index in [1.807, 2.05) is 13.0 Å². The SMILES string of the molecule is CCC=C(Cl)c1ccc(F)cc1. The van der Waals surface area contributed by atoms with Crippen molar-refractivity contribution in [3.8, 4) is 0 Å². The Morgan fingerprint density at radius 1 is 1.42 bits per heavy atom. The number of halogens is 2. The standard InChI is InChI=1S/C10H10ClF/c1-2-3-10(11)8-4-6-9(12)7-5-8/h3-7H,2H2,1H3. The van der Waals surface area contributed by atoms with Crippen molar-refractivity contribution in [2.45, 2.75) is 13.3 Å². The van der Waals surface area contributed by atoms with Gasteiger partial charge in [0, 0.05) is 5.03 Å². The molecule has 0 unspecified atom stereocenters. The van der Waals surface area contributed by atoms with Crippen LogP contribution in [0.3, 0.4) is 0 Å². The maximum Gasteiger partial charge on any atom is 0.123 e. The van der Waals surface area contributed by atoms with Crippen LogP contribution in [0.4, 0.5) is 4.39 Å². The van der Waals surface area contributed by atoms with Crippen LogP contribution in [0.25, 0.3) is 5.03 Å². The van der Waals surface area contributed by atoms with E-state index in [-0.39, 0.29) is 5.82 Å². The lowest BCUT2D eigenvalue weighted by Gasteiger charge is -1.97. The van der Waals surface area contributed by atoms with Crippen molar-refractivity contribution in [3.63, 3.8) is 0 Å². The van der Waals surface area contributed by atoms with Crippen LogP contribution in [0.15, 0.2) is 30.3 Å². The van der Waals surface area contributed by atoms with Gasteiger partial charge in [0.1, 0.15) is 5.82 Å². The number of rotatable bonds is 2. The molecule has 2 heteroatoms. The number of benzene rings is 1. The third-order valence-electron chi connectivity index (χ3n) is 1.50. The zero-order valence-electron chi connectivity index (χ0n) is 6.85. The molecule has 0 heterocycles. The van der Waals surface area contributed by atoms with Crippen molar-refractivity contribution in [1.82, 2.24) is 0 Å². The molecule has 0 aliphatic carbocycles. The van der Waals surface area contributed by atoms with Crippen LogP contribution in [0, 0.1) is 5.82 Å². The second-order valence-corrected chi connectivity index (χ2v) is 2.87. The Kier molecular flexibility index (Phi) is 3.30. The molecule has 0 aliphatic rings. The highest BCUT2D eigenvalue weighted by molar-refractivity contribution is 6.48. The molecule has 12 heavy (non-hydrogen) atoms. The summed E-state index contributed by atoms with van der Waals surface area (Å²) in [4.78, 5) is 0. The second kappa shape index (κ2) is 4.27. The minimum atomic E-state index is -0.236. The molecule has 0 amide bonds. The third kappa shape index (κ3) is 2.35. The van der Waals surface area contributed by atoms with E-state index < -0.39 is 0 Å². The summed E-state index contributed by atoms with van der Waals surface area (Å²) in [7, 11) is 0. The summed E-state index contributed by atoms with van der Waals surface area (Å²) in [6.07, 6.45) is 2.78. The summed E-state index contributed by atoms with van der Waals surface area (Å²) < 4.78 is 12.5. The van der Waals surface area contributed by atoms with Crippen molar-refractivity contribution >= 4 is 16.6 Å². The Morgan fingerprint density at radius 2 is 2.00 bits per heavy atom. The van der Waals surface area contributed by atoms with E-state index >= 15 is 0 Å². The second-order valence-electron chi connectivity index (χ2n) is 2.47. The Morgan fingerprint density at radius 3 is 2.50 bits per heavy atom. The van der Waals surface area contributed by atoms with Gasteiger partial charge in [0.15, 0.2) is 0 Å². The number of hydrogen-bond donors (Lipinski definition) is 0. The Labute approximate surface area is 76.7 Å². The molecule has 0 saturated carbocycles. The molecule has 0 aliphatic heterocycles. The van der Waals surface area contributed by atoms with Gasteiger partial charge in [0.05, 0.1) is 0 Å². The molecule has 0 saturated heterocycles. The first-order valence-corrected chi connectivity index (χ1v) is 4.23. The molecule has 0 nitrogen and oxygen atoms in total. The molecule has 0 fully saturated rings. The molecule has 1 aromatic rings. The summed E-state index contributed by atoms with van der Waals surface area (Å²) in [6, 6.07) is 6.15. The van der Waals surface area contributed by atoms with Crippen molar-refractivity contribution in [2.24, 2.45) is 0 Å². The molecular weight excluding hydrogens is 175 g/mol. The van der Waals surface area contributed by atoms with Crippen LogP contribution in [-0.4, -0.2) is 0 Å². The average Bonchev–Trinajstić information content (AvgIpc) is 2.06. The molecule has 0 bridgehead atoms. The summed E-state index contributed by atoms with van der Waals surface area (Å²) in [6.45, 7) is 2.01. The minimum Gasteiger partial charge on any atom is -0.207 e. The predicted molar refractivity (Wildman–Crippen MR) is 50.5 cm³/mol. The maximum absolute atomic E-state index is 12.5. The summed E-state index contributed by atoms with van der Waals surface area (Å²) in [5.74, 6) is -0.236. The van der Waals surface area contributed by atoms with E-state index in [1.54, 1.807) is 12.1 Å². The van der Waals surface area contributed by atoms with Crippen LogP contribution in [-0.2, 0) is 0 Å². The van der Waals surface area contributed by atoms with E-state index in [0.717, 1.165) is 12.0 Å². The molecule has 0 spiro atoms. The maximum atomic E-state index is 12.5. The summed E-state index contributed by atoms with van der Waals surface area (Å²) >= 11 is 5.90. The first-order chi connectivity index (χ1) is 5.74. The monoisotopic (exact) mass is 184 g/mol.